The number of nitrogens with one attached hydrogen (secondary N) is 1. The minimum absolute atomic E-state index is 0.0208. The Balaban J connectivity index is 3.04. The summed E-state index contributed by atoms with van der Waals surface area (Å²) >= 11 is 0. The molecule has 92 valence electrons. The van der Waals surface area contributed by atoms with E-state index in [-0.39, 0.29) is 19.3 Å². The van der Waals surface area contributed by atoms with Crippen LogP contribution < -0.4 is 5.32 Å². The maximum absolute atomic E-state index is 8.80. The van der Waals surface area contributed by atoms with E-state index in [1.807, 2.05) is 0 Å². The van der Waals surface area contributed by atoms with Gasteiger partial charge in [0.15, 0.2) is 0 Å². The molecule has 0 aromatic heterocycles. The maximum Gasteiger partial charge on any atom is 0.0607 e. The van der Waals surface area contributed by atoms with Crippen molar-refractivity contribution in [2.45, 2.75) is 57.9 Å². The van der Waals surface area contributed by atoms with Crippen LogP contribution >= 0.6 is 0 Å². The van der Waals surface area contributed by atoms with Crippen molar-refractivity contribution >= 4 is 0 Å². The first-order chi connectivity index (χ1) is 7.35. The predicted molar refractivity (Wildman–Crippen MR) is 64.0 cm³/mol. The molecule has 0 atom stereocenters. The normalized spacial score (nSPS) is 11.2. The van der Waals surface area contributed by atoms with E-state index in [0.29, 0.717) is 0 Å². The van der Waals surface area contributed by atoms with Gasteiger partial charge in [0.1, 0.15) is 0 Å². The lowest BCUT2D eigenvalue weighted by Crippen LogP contribution is -2.36. The van der Waals surface area contributed by atoms with Crippen LogP contribution in [0.5, 0.6) is 0 Å². The van der Waals surface area contributed by atoms with Crippen molar-refractivity contribution in [2.24, 2.45) is 0 Å². The Hall–Kier alpha value is -0.120. The molecular weight excluding hydrogens is 190 g/mol. The summed E-state index contributed by atoms with van der Waals surface area (Å²) in [5.41, 5.74) is 0. The quantitative estimate of drug-likeness (QED) is 0.462. The average molecular weight is 217 g/mol. The van der Waals surface area contributed by atoms with E-state index in [1.165, 1.54) is 38.5 Å². The molecule has 0 rings (SSSR count). The number of hydrogen-bond acceptors (Lipinski definition) is 3. The highest BCUT2D eigenvalue weighted by Crippen LogP contribution is 2.06. The van der Waals surface area contributed by atoms with Crippen molar-refractivity contribution in [3.8, 4) is 0 Å². The summed E-state index contributed by atoms with van der Waals surface area (Å²) in [5, 5.41) is 20.7. The molecule has 0 aliphatic rings. The Kier molecular flexibility index (Phi) is 11.9. The van der Waals surface area contributed by atoms with Gasteiger partial charge in [0.25, 0.3) is 0 Å². The van der Waals surface area contributed by atoms with Crippen LogP contribution in [0.3, 0.4) is 0 Å². The molecule has 3 nitrogen and oxygen atoms in total. The van der Waals surface area contributed by atoms with Gasteiger partial charge in [-0.1, -0.05) is 45.4 Å². The van der Waals surface area contributed by atoms with Crippen molar-refractivity contribution in [1.29, 1.82) is 0 Å². The van der Waals surface area contributed by atoms with Gasteiger partial charge in [-0.15, -0.1) is 0 Å². The lowest BCUT2D eigenvalue weighted by atomic mass is 10.1. The highest BCUT2D eigenvalue weighted by atomic mass is 16.3. The summed E-state index contributed by atoms with van der Waals surface area (Å²) < 4.78 is 0. The zero-order valence-corrected chi connectivity index (χ0v) is 10.0. The Labute approximate surface area is 93.9 Å². The summed E-state index contributed by atoms with van der Waals surface area (Å²) in [6.07, 6.45) is 9.07. The third-order valence-corrected chi connectivity index (χ3v) is 2.65. The Bertz CT molecular complexity index is 116. The summed E-state index contributed by atoms with van der Waals surface area (Å²) in [7, 11) is 0. The van der Waals surface area contributed by atoms with Gasteiger partial charge < -0.3 is 15.5 Å². The second kappa shape index (κ2) is 12.0. The lowest BCUT2D eigenvalue weighted by molar-refractivity contribution is 0.171. The Morgan fingerprint density at radius 3 is 1.93 bits per heavy atom. The number of unbranched alkanes of at least 4 members (excludes halogenated alkanes) is 6. The molecule has 3 N–H and O–H groups in total. The first-order valence-corrected chi connectivity index (χ1v) is 6.30. The van der Waals surface area contributed by atoms with Gasteiger partial charge in [0.2, 0.25) is 0 Å². The van der Waals surface area contributed by atoms with Crippen LogP contribution in [0.2, 0.25) is 0 Å². The van der Waals surface area contributed by atoms with E-state index in [2.05, 4.69) is 12.2 Å². The average Bonchev–Trinajstić information content (AvgIpc) is 2.27. The molecule has 0 aromatic carbocycles. The monoisotopic (exact) mass is 217 g/mol. The number of aliphatic hydroxyl groups is 2. The standard InChI is InChI=1S/C12H27NO2/c1-2-3-4-5-6-7-8-9-13-12(10-14)11-15/h12-15H,2-11H2,1H3. The zero-order valence-electron chi connectivity index (χ0n) is 10.0. The van der Waals surface area contributed by atoms with Crippen LogP contribution in [0.4, 0.5) is 0 Å². The molecule has 0 aliphatic heterocycles. The van der Waals surface area contributed by atoms with Gasteiger partial charge in [-0.05, 0) is 13.0 Å². The maximum atomic E-state index is 8.80. The molecule has 0 heterocycles. The third kappa shape index (κ3) is 10.2. The number of aliphatic hydroxyl groups excluding tert-OH is 2. The van der Waals surface area contributed by atoms with Gasteiger partial charge in [0, 0.05) is 0 Å². The van der Waals surface area contributed by atoms with Crippen LogP contribution in [0, 0.1) is 0 Å². The van der Waals surface area contributed by atoms with Gasteiger partial charge in [-0.3, -0.25) is 0 Å². The molecule has 0 unspecified atom stereocenters. The van der Waals surface area contributed by atoms with E-state index in [0.717, 1.165) is 13.0 Å². The van der Waals surface area contributed by atoms with Crippen molar-refractivity contribution in [3.63, 3.8) is 0 Å². The minimum atomic E-state index is -0.134. The molecule has 3 heteroatoms. The fourth-order valence-electron chi connectivity index (χ4n) is 1.58. The molecule has 15 heavy (non-hydrogen) atoms. The molecule has 0 radical (unpaired) electrons. The van der Waals surface area contributed by atoms with E-state index >= 15 is 0 Å². The largest absolute Gasteiger partial charge is 0.395 e. The van der Waals surface area contributed by atoms with Crippen molar-refractivity contribution in [2.75, 3.05) is 19.8 Å². The summed E-state index contributed by atoms with van der Waals surface area (Å²) in [6.45, 7) is 3.17. The van der Waals surface area contributed by atoms with E-state index in [9.17, 15) is 0 Å². The topological polar surface area (TPSA) is 52.5 Å². The first-order valence-electron chi connectivity index (χ1n) is 6.30. The highest BCUT2D eigenvalue weighted by Gasteiger charge is 2.02. The lowest BCUT2D eigenvalue weighted by Gasteiger charge is -2.12. The zero-order chi connectivity index (χ0) is 11.4. The first kappa shape index (κ1) is 14.9. The molecule has 0 spiro atoms. The molecular formula is C12H27NO2. The summed E-state index contributed by atoms with van der Waals surface area (Å²) in [5.74, 6) is 0. The smallest absolute Gasteiger partial charge is 0.0607 e. The van der Waals surface area contributed by atoms with Crippen LogP contribution in [0.15, 0.2) is 0 Å². The number of rotatable bonds is 11. The van der Waals surface area contributed by atoms with E-state index in [1.54, 1.807) is 0 Å². The molecule has 0 saturated carbocycles. The van der Waals surface area contributed by atoms with Crippen LogP contribution in [-0.2, 0) is 0 Å². The van der Waals surface area contributed by atoms with Crippen molar-refractivity contribution < 1.29 is 10.2 Å². The minimum Gasteiger partial charge on any atom is -0.395 e. The van der Waals surface area contributed by atoms with Crippen LogP contribution in [0.1, 0.15) is 51.9 Å². The van der Waals surface area contributed by atoms with Crippen molar-refractivity contribution in [1.82, 2.24) is 5.32 Å². The fraction of sp³-hybridized carbons (Fsp3) is 1.00. The van der Waals surface area contributed by atoms with Crippen LogP contribution in [-0.4, -0.2) is 36.0 Å². The SMILES string of the molecule is CCCCCCCCCNC(CO)CO. The summed E-state index contributed by atoms with van der Waals surface area (Å²) in [6, 6.07) is -0.134. The third-order valence-electron chi connectivity index (χ3n) is 2.65. The highest BCUT2D eigenvalue weighted by molar-refractivity contribution is 4.62. The van der Waals surface area contributed by atoms with E-state index in [4.69, 9.17) is 10.2 Å². The molecule has 0 saturated heterocycles. The van der Waals surface area contributed by atoms with Gasteiger partial charge >= 0.3 is 0 Å². The Morgan fingerprint density at radius 2 is 1.40 bits per heavy atom. The molecule has 0 aliphatic carbocycles. The fourth-order valence-corrected chi connectivity index (χ4v) is 1.58. The van der Waals surface area contributed by atoms with E-state index < -0.39 is 0 Å². The molecule has 0 amide bonds. The van der Waals surface area contributed by atoms with Gasteiger partial charge in [-0.2, -0.15) is 0 Å². The molecule has 0 bridgehead atoms. The summed E-state index contributed by atoms with van der Waals surface area (Å²) in [4.78, 5) is 0. The van der Waals surface area contributed by atoms with Crippen molar-refractivity contribution in [3.05, 3.63) is 0 Å². The number of hydrogen-bond donors (Lipinski definition) is 3. The Morgan fingerprint density at radius 1 is 0.867 bits per heavy atom. The second-order valence-corrected chi connectivity index (χ2v) is 4.14. The van der Waals surface area contributed by atoms with Gasteiger partial charge in [-0.25, -0.2) is 0 Å². The van der Waals surface area contributed by atoms with Gasteiger partial charge in [0.05, 0.1) is 19.3 Å². The predicted octanol–water partition coefficient (Wildman–Crippen LogP) is 1.68. The second-order valence-electron chi connectivity index (χ2n) is 4.14. The molecule has 0 fully saturated rings. The molecule has 0 aromatic rings. The van der Waals surface area contributed by atoms with Crippen LogP contribution in [0.25, 0.3) is 0 Å².